The number of aromatic nitrogens is 3. The molecule has 2 N–H and O–H groups in total. The molecule has 1 amide bonds. The fourth-order valence-electron chi connectivity index (χ4n) is 3.56. The van der Waals surface area contributed by atoms with Crippen LogP contribution in [0.2, 0.25) is 0 Å². The highest BCUT2D eigenvalue weighted by molar-refractivity contribution is 5.92. The lowest BCUT2D eigenvalue weighted by atomic mass is 10.0. The van der Waals surface area contributed by atoms with Gasteiger partial charge in [-0.15, -0.1) is 5.10 Å². The third-order valence-electron chi connectivity index (χ3n) is 5.11. The Kier molecular flexibility index (Phi) is 5.24. The Morgan fingerprint density at radius 3 is 2.85 bits per heavy atom. The molecule has 1 atom stereocenters. The fraction of sp³-hybridized carbons (Fsp3) is 0.526. The first-order valence-electron chi connectivity index (χ1n) is 9.57. The van der Waals surface area contributed by atoms with Gasteiger partial charge in [-0.3, -0.25) is 4.79 Å². The van der Waals surface area contributed by atoms with Crippen molar-refractivity contribution >= 4 is 5.91 Å². The van der Waals surface area contributed by atoms with Crippen LogP contribution >= 0.6 is 0 Å². The van der Waals surface area contributed by atoms with Crippen LogP contribution in [0.25, 0.3) is 0 Å². The minimum Gasteiger partial charge on any atom is -0.486 e. The molecule has 27 heavy (non-hydrogen) atoms. The lowest BCUT2D eigenvalue weighted by Crippen LogP contribution is -2.30. The molecule has 2 aromatic rings. The number of ether oxygens (including phenoxy) is 2. The first-order chi connectivity index (χ1) is 13.2. The first-order valence-corrected chi connectivity index (χ1v) is 9.57. The van der Waals surface area contributed by atoms with Crippen molar-refractivity contribution < 1.29 is 14.3 Å². The Balaban J connectivity index is 1.45. The number of rotatable bonds is 5. The van der Waals surface area contributed by atoms with Crippen LogP contribution in [0, 0.1) is 0 Å². The van der Waals surface area contributed by atoms with Crippen LogP contribution in [0.3, 0.4) is 0 Å². The summed E-state index contributed by atoms with van der Waals surface area (Å²) in [5.41, 5.74) is 1.34. The van der Waals surface area contributed by atoms with Gasteiger partial charge in [0.25, 0.3) is 5.91 Å². The van der Waals surface area contributed by atoms with Crippen molar-refractivity contribution in [3.63, 3.8) is 0 Å². The minimum absolute atomic E-state index is 0.127. The molecule has 3 heterocycles. The molecule has 0 aliphatic carbocycles. The van der Waals surface area contributed by atoms with Crippen molar-refractivity contribution in [2.24, 2.45) is 0 Å². The van der Waals surface area contributed by atoms with Crippen molar-refractivity contribution in [3.8, 4) is 11.5 Å². The molecule has 2 aliphatic rings. The zero-order chi connectivity index (χ0) is 18.6. The lowest BCUT2D eigenvalue weighted by molar-refractivity contribution is 0.0930. The Hall–Kier alpha value is -2.61. The topological polar surface area (TPSA) is 90.3 Å². The number of carbonyl (C=O) groups excluding carboxylic acids is 1. The summed E-state index contributed by atoms with van der Waals surface area (Å²) < 4.78 is 13.0. The van der Waals surface area contributed by atoms with Crippen molar-refractivity contribution in [1.82, 2.24) is 25.6 Å². The second kappa shape index (κ2) is 7.96. The Morgan fingerprint density at radius 2 is 2.07 bits per heavy atom. The monoisotopic (exact) mass is 371 g/mol. The number of amides is 1. The van der Waals surface area contributed by atoms with Crippen molar-refractivity contribution in [2.45, 2.75) is 38.3 Å². The average molecular weight is 371 g/mol. The van der Waals surface area contributed by atoms with Gasteiger partial charge in [0.1, 0.15) is 13.2 Å². The van der Waals surface area contributed by atoms with Gasteiger partial charge in [-0.1, -0.05) is 18.2 Å². The predicted octanol–water partition coefficient (Wildman–Crippen LogP) is 1.85. The second-order valence-corrected chi connectivity index (χ2v) is 6.90. The Bertz CT molecular complexity index is 800. The molecule has 8 heteroatoms. The summed E-state index contributed by atoms with van der Waals surface area (Å²) in [6.07, 6.45) is 4.51. The van der Waals surface area contributed by atoms with Gasteiger partial charge < -0.3 is 20.1 Å². The van der Waals surface area contributed by atoms with E-state index in [-0.39, 0.29) is 11.9 Å². The summed E-state index contributed by atoms with van der Waals surface area (Å²) >= 11 is 0. The maximum atomic E-state index is 12.7. The smallest absolute Gasteiger partial charge is 0.273 e. The van der Waals surface area contributed by atoms with Gasteiger partial charge in [0.15, 0.2) is 17.2 Å². The molecule has 1 fully saturated rings. The fourth-order valence-corrected chi connectivity index (χ4v) is 3.56. The summed E-state index contributed by atoms with van der Waals surface area (Å²) in [5.74, 6) is 1.26. The summed E-state index contributed by atoms with van der Waals surface area (Å²) in [4.78, 5) is 12.7. The van der Waals surface area contributed by atoms with Gasteiger partial charge in [-0.2, -0.15) is 0 Å². The van der Waals surface area contributed by atoms with Crippen LogP contribution in [-0.2, 0) is 0 Å². The molecule has 8 nitrogen and oxygen atoms in total. The number of fused-ring (bicyclic) bond motifs is 1. The number of carbonyl (C=O) groups is 1. The quantitative estimate of drug-likeness (QED) is 0.834. The van der Waals surface area contributed by atoms with Crippen LogP contribution in [0.1, 0.15) is 54.3 Å². The van der Waals surface area contributed by atoms with E-state index in [2.05, 4.69) is 20.9 Å². The van der Waals surface area contributed by atoms with E-state index in [9.17, 15) is 4.79 Å². The molecular weight excluding hydrogens is 346 g/mol. The molecule has 1 saturated heterocycles. The van der Waals surface area contributed by atoms with Crippen LogP contribution in [-0.4, -0.2) is 47.2 Å². The van der Waals surface area contributed by atoms with Crippen LogP contribution in [0.5, 0.6) is 11.5 Å². The third kappa shape index (κ3) is 3.90. The second-order valence-electron chi connectivity index (χ2n) is 6.90. The van der Waals surface area contributed by atoms with Crippen molar-refractivity contribution in [3.05, 3.63) is 35.7 Å². The van der Waals surface area contributed by atoms with E-state index in [0.29, 0.717) is 24.9 Å². The summed E-state index contributed by atoms with van der Waals surface area (Å²) in [5, 5.41) is 14.6. The van der Waals surface area contributed by atoms with Gasteiger partial charge in [0.2, 0.25) is 0 Å². The van der Waals surface area contributed by atoms with Crippen molar-refractivity contribution in [1.29, 1.82) is 0 Å². The summed E-state index contributed by atoms with van der Waals surface area (Å²) in [6, 6.07) is 5.98. The van der Waals surface area contributed by atoms with E-state index in [1.165, 1.54) is 0 Å². The molecule has 1 aromatic heterocycles. The van der Waals surface area contributed by atoms with E-state index >= 15 is 0 Å². The molecule has 0 saturated carbocycles. The van der Waals surface area contributed by atoms with Crippen molar-refractivity contribution in [2.75, 3.05) is 26.3 Å². The standard InChI is InChI=1S/C19H25N5O3/c1-2-15(13-3-4-17-18(11-13)27-10-9-26-17)21-19(25)16-12-24(23-22-16)14-5-7-20-8-6-14/h3-4,11-12,14-15,20H,2,5-10H2,1H3,(H,21,25). The third-order valence-corrected chi connectivity index (χ3v) is 5.11. The largest absolute Gasteiger partial charge is 0.486 e. The molecule has 4 rings (SSSR count). The van der Waals surface area contributed by atoms with Crippen LogP contribution in [0.15, 0.2) is 24.4 Å². The van der Waals surface area contributed by atoms with Crippen LogP contribution in [0.4, 0.5) is 0 Å². The zero-order valence-corrected chi connectivity index (χ0v) is 15.5. The van der Waals surface area contributed by atoms with E-state index < -0.39 is 0 Å². The van der Waals surface area contributed by atoms with Gasteiger partial charge in [0, 0.05) is 0 Å². The molecule has 144 valence electrons. The zero-order valence-electron chi connectivity index (χ0n) is 15.5. The lowest BCUT2D eigenvalue weighted by Gasteiger charge is -2.22. The predicted molar refractivity (Wildman–Crippen MR) is 99.1 cm³/mol. The molecular formula is C19H25N5O3. The van der Waals surface area contributed by atoms with Gasteiger partial charge in [0.05, 0.1) is 18.3 Å². The molecule has 0 spiro atoms. The van der Waals surface area contributed by atoms with Gasteiger partial charge in [-0.25, -0.2) is 4.68 Å². The molecule has 0 bridgehead atoms. The van der Waals surface area contributed by atoms with E-state index in [4.69, 9.17) is 9.47 Å². The first kappa shape index (κ1) is 17.8. The highest BCUT2D eigenvalue weighted by atomic mass is 16.6. The van der Waals surface area contributed by atoms with E-state index in [1.807, 2.05) is 29.8 Å². The SMILES string of the molecule is CCC(NC(=O)c1cn(C2CCNCC2)nn1)c1ccc2c(c1)OCCO2. The normalized spacial score (nSPS) is 18.1. The Labute approximate surface area is 158 Å². The minimum atomic E-state index is -0.211. The maximum Gasteiger partial charge on any atom is 0.273 e. The number of nitrogens with zero attached hydrogens (tertiary/aromatic N) is 3. The molecule has 1 unspecified atom stereocenters. The summed E-state index contributed by atoms with van der Waals surface area (Å²) in [6.45, 7) is 5.07. The number of nitrogens with one attached hydrogen (secondary N) is 2. The van der Waals surface area contributed by atoms with Gasteiger partial charge >= 0.3 is 0 Å². The highest BCUT2D eigenvalue weighted by Crippen LogP contribution is 2.33. The van der Waals surface area contributed by atoms with Crippen LogP contribution < -0.4 is 20.1 Å². The number of benzene rings is 1. The number of hydrogen-bond acceptors (Lipinski definition) is 6. The Morgan fingerprint density at radius 1 is 1.30 bits per heavy atom. The number of hydrogen-bond donors (Lipinski definition) is 2. The molecule has 1 aromatic carbocycles. The molecule has 0 radical (unpaired) electrons. The summed E-state index contributed by atoms with van der Waals surface area (Å²) in [7, 11) is 0. The average Bonchev–Trinajstić information content (AvgIpc) is 3.22. The molecule has 2 aliphatic heterocycles. The van der Waals surface area contributed by atoms with E-state index in [1.54, 1.807) is 6.20 Å². The van der Waals surface area contributed by atoms with E-state index in [0.717, 1.165) is 49.4 Å². The maximum absolute atomic E-state index is 12.7. The highest BCUT2D eigenvalue weighted by Gasteiger charge is 2.22. The number of piperidine rings is 1. The van der Waals surface area contributed by atoms with Gasteiger partial charge in [-0.05, 0) is 50.0 Å².